The maximum absolute atomic E-state index is 15.5. The first-order valence-corrected chi connectivity index (χ1v) is 11.5. The highest BCUT2D eigenvalue weighted by Gasteiger charge is 2.48. The predicted molar refractivity (Wildman–Crippen MR) is 119 cm³/mol. The minimum Gasteiger partial charge on any atom is -0.463 e. The van der Waals surface area contributed by atoms with E-state index < -0.39 is 24.0 Å². The van der Waals surface area contributed by atoms with Gasteiger partial charge in [0.05, 0.1) is 12.4 Å². The van der Waals surface area contributed by atoms with Gasteiger partial charge in [-0.1, -0.05) is 19.3 Å². The fourth-order valence-electron chi connectivity index (χ4n) is 4.73. The molecule has 2 N–H and O–H groups in total. The molecular weight excluding hydrogens is 431 g/mol. The van der Waals surface area contributed by atoms with E-state index in [1.54, 1.807) is 7.05 Å². The first kappa shape index (κ1) is 23.3. The minimum atomic E-state index is -1.74. The summed E-state index contributed by atoms with van der Waals surface area (Å²) in [6, 6.07) is 0. The maximum Gasteiger partial charge on any atom is 0.302 e. The van der Waals surface area contributed by atoms with Gasteiger partial charge in [0.15, 0.2) is 28.9 Å². The van der Waals surface area contributed by atoms with Gasteiger partial charge in [-0.05, 0) is 25.7 Å². The number of carbonyl (C=O) groups is 2. The lowest BCUT2D eigenvalue weighted by molar-refractivity contribution is -0.146. The van der Waals surface area contributed by atoms with E-state index in [0.717, 1.165) is 25.7 Å². The Morgan fingerprint density at radius 1 is 1.30 bits per heavy atom. The Labute approximate surface area is 191 Å². The van der Waals surface area contributed by atoms with Crippen molar-refractivity contribution in [3.8, 4) is 0 Å². The number of aromatic nitrogens is 4. The Morgan fingerprint density at radius 2 is 2.06 bits per heavy atom. The number of carbonyl (C=O) groups excluding carboxylic acids is 2. The predicted octanol–water partition coefficient (Wildman–Crippen LogP) is 3.36. The van der Waals surface area contributed by atoms with Crippen LogP contribution in [0.1, 0.15) is 65.0 Å². The van der Waals surface area contributed by atoms with E-state index in [1.807, 2.05) is 0 Å². The van der Waals surface area contributed by atoms with E-state index in [1.165, 1.54) is 31.2 Å². The fourth-order valence-corrected chi connectivity index (χ4v) is 4.73. The van der Waals surface area contributed by atoms with Crippen molar-refractivity contribution in [1.29, 1.82) is 0 Å². The second-order valence-corrected chi connectivity index (χ2v) is 9.12. The summed E-state index contributed by atoms with van der Waals surface area (Å²) in [7, 11) is 1.69. The van der Waals surface area contributed by atoms with Crippen LogP contribution in [0, 0.1) is 5.92 Å². The molecule has 3 heterocycles. The van der Waals surface area contributed by atoms with Gasteiger partial charge in [-0.25, -0.2) is 9.37 Å². The molecule has 1 saturated carbocycles. The number of nitrogens with zero attached hydrogens (tertiary/aromatic N) is 4. The average molecular weight is 463 g/mol. The lowest BCUT2D eigenvalue weighted by atomic mass is 9.87. The largest absolute Gasteiger partial charge is 0.463 e. The molecule has 180 valence electrons. The number of esters is 1. The van der Waals surface area contributed by atoms with Crippen molar-refractivity contribution in [3.05, 3.63) is 6.33 Å². The van der Waals surface area contributed by atoms with Crippen molar-refractivity contribution in [2.24, 2.45) is 5.92 Å². The zero-order chi connectivity index (χ0) is 23.6. The topological polar surface area (TPSA) is 120 Å². The molecule has 4 rings (SSSR count). The Kier molecular flexibility index (Phi) is 6.78. The van der Waals surface area contributed by atoms with Gasteiger partial charge in [0.1, 0.15) is 6.61 Å². The normalized spacial score (nSPS) is 25.8. The van der Waals surface area contributed by atoms with Gasteiger partial charge in [-0.3, -0.25) is 19.5 Å². The molecule has 2 aromatic heterocycles. The molecule has 0 radical (unpaired) electrons. The molecule has 1 aliphatic carbocycles. The fraction of sp³-hybridized carbons (Fsp3) is 0.682. The lowest BCUT2D eigenvalue weighted by Crippen LogP contribution is -2.27. The average Bonchev–Trinajstić information content (AvgIpc) is 3.31. The molecule has 2 unspecified atom stereocenters. The summed E-state index contributed by atoms with van der Waals surface area (Å²) in [6.45, 7) is 2.70. The van der Waals surface area contributed by atoms with Crippen molar-refractivity contribution in [2.45, 2.75) is 76.8 Å². The number of alkyl halides is 1. The molecule has 10 nitrogen and oxygen atoms in total. The quantitative estimate of drug-likeness (QED) is 0.601. The molecule has 0 bridgehead atoms. The highest BCUT2D eigenvalue weighted by Crippen LogP contribution is 2.42. The Morgan fingerprint density at radius 3 is 2.76 bits per heavy atom. The van der Waals surface area contributed by atoms with Crippen molar-refractivity contribution in [3.63, 3.8) is 0 Å². The molecule has 1 amide bonds. The van der Waals surface area contributed by atoms with Gasteiger partial charge in [0, 0.05) is 26.8 Å². The van der Waals surface area contributed by atoms with Gasteiger partial charge >= 0.3 is 5.97 Å². The van der Waals surface area contributed by atoms with Crippen molar-refractivity contribution in [2.75, 3.05) is 24.3 Å². The van der Waals surface area contributed by atoms with E-state index in [4.69, 9.17) is 9.47 Å². The highest BCUT2D eigenvalue weighted by molar-refractivity contribution is 5.91. The van der Waals surface area contributed by atoms with Crippen LogP contribution in [0.3, 0.4) is 0 Å². The lowest BCUT2D eigenvalue weighted by Gasteiger charge is -2.23. The first-order chi connectivity index (χ1) is 15.8. The molecule has 0 spiro atoms. The number of fused-ring (bicyclic) bond motifs is 1. The number of rotatable bonds is 7. The maximum atomic E-state index is 15.5. The monoisotopic (exact) mass is 462 g/mol. The zero-order valence-corrected chi connectivity index (χ0v) is 19.3. The standard InChI is InChI=1S/C22H31FN6O4/c1-13(30)32-11-15-10-22(2,23)20(33-15)29-12-25-17-18(24-3)27-21(28-19(17)29)26-16(31)9-14-7-5-4-6-8-14/h12,14-15,20H,4-11H2,1-3H3,(H2,24,26,27,28,31)/t15?,20?,22-/m1/s1. The van der Waals surface area contributed by atoms with Crippen LogP contribution in [-0.4, -0.2) is 56.8 Å². The van der Waals surface area contributed by atoms with Crippen LogP contribution >= 0.6 is 0 Å². The van der Waals surface area contributed by atoms with Crippen LogP contribution in [0.15, 0.2) is 6.33 Å². The second-order valence-electron chi connectivity index (χ2n) is 9.12. The van der Waals surface area contributed by atoms with Crippen molar-refractivity contribution in [1.82, 2.24) is 19.5 Å². The van der Waals surface area contributed by atoms with Crippen molar-refractivity contribution >= 4 is 34.8 Å². The summed E-state index contributed by atoms with van der Waals surface area (Å²) < 4.78 is 27.8. The third-order valence-electron chi connectivity index (χ3n) is 6.30. The summed E-state index contributed by atoms with van der Waals surface area (Å²) >= 11 is 0. The summed E-state index contributed by atoms with van der Waals surface area (Å²) in [5.41, 5.74) is -0.969. The third kappa shape index (κ3) is 5.23. The number of nitrogens with one attached hydrogen (secondary N) is 2. The molecule has 2 aliphatic rings. The molecule has 2 aromatic rings. The smallest absolute Gasteiger partial charge is 0.302 e. The van der Waals surface area contributed by atoms with Gasteiger partial charge in [-0.15, -0.1) is 0 Å². The molecule has 1 saturated heterocycles. The number of halogens is 1. The molecule has 0 aromatic carbocycles. The number of anilines is 2. The van der Waals surface area contributed by atoms with Crippen LogP contribution in [0.4, 0.5) is 16.2 Å². The van der Waals surface area contributed by atoms with Crippen LogP contribution in [0.5, 0.6) is 0 Å². The Bertz CT molecular complexity index is 1020. The molecular formula is C22H31FN6O4. The zero-order valence-electron chi connectivity index (χ0n) is 19.3. The summed E-state index contributed by atoms with van der Waals surface area (Å²) in [4.78, 5) is 36.9. The van der Waals surface area contributed by atoms with E-state index in [2.05, 4.69) is 25.6 Å². The first-order valence-electron chi connectivity index (χ1n) is 11.5. The van der Waals surface area contributed by atoms with E-state index in [0.29, 0.717) is 29.3 Å². The van der Waals surface area contributed by atoms with E-state index in [-0.39, 0.29) is 24.9 Å². The minimum absolute atomic E-state index is 0.0306. The number of imidazole rings is 1. The van der Waals surface area contributed by atoms with Gasteiger partial charge < -0.3 is 14.8 Å². The summed E-state index contributed by atoms with van der Waals surface area (Å²) in [5, 5.41) is 5.75. The molecule has 11 heteroatoms. The highest BCUT2D eigenvalue weighted by atomic mass is 19.1. The van der Waals surface area contributed by atoms with Gasteiger partial charge in [-0.2, -0.15) is 9.97 Å². The third-order valence-corrected chi connectivity index (χ3v) is 6.30. The summed E-state index contributed by atoms with van der Waals surface area (Å²) in [6.07, 6.45) is 5.99. The Balaban J connectivity index is 1.57. The van der Waals surface area contributed by atoms with Crippen LogP contribution < -0.4 is 10.6 Å². The van der Waals surface area contributed by atoms with Crippen LogP contribution in [0.2, 0.25) is 0 Å². The SMILES string of the molecule is CNc1nc(NC(=O)CC2CCCCC2)nc2c1ncn2C1OC(COC(C)=O)C[C@@]1(C)F. The van der Waals surface area contributed by atoms with E-state index >= 15 is 4.39 Å². The van der Waals surface area contributed by atoms with Crippen LogP contribution in [0.25, 0.3) is 11.2 Å². The summed E-state index contributed by atoms with van der Waals surface area (Å²) in [5.74, 6) is 0.343. The van der Waals surface area contributed by atoms with E-state index in [9.17, 15) is 9.59 Å². The number of ether oxygens (including phenoxy) is 2. The molecule has 3 atom stereocenters. The molecule has 2 fully saturated rings. The molecule has 1 aliphatic heterocycles. The molecule has 33 heavy (non-hydrogen) atoms. The van der Waals surface area contributed by atoms with Gasteiger partial charge in [0.2, 0.25) is 11.9 Å². The van der Waals surface area contributed by atoms with Crippen molar-refractivity contribution < 1.29 is 23.5 Å². The number of hydrogen-bond acceptors (Lipinski definition) is 8. The number of amides is 1. The Hall–Kier alpha value is -2.82. The van der Waals surface area contributed by atoms with Crippen LogP contribution in [-0.2, 0) is 19.1 Å². The number of hydrogen-bond donors (Lipinski definition) is 2. The van der Waals surface area contributed by atoms with Gasteiger partial charge in [0.25, 0.3) is 0 Å². The second kappa shape index (κ2) is 9.58.